The van der Waals surface area contributed by atoms with Crippen molar-refractivity contribution in [3.63, 3.8) is 0 Å². The van der Waals surface area contributed by atoms with Gasteiger partial charge < -0.3 is 19.8 Å². The Hall–Kier alpha value is -3.07. The van der Waals surface area contributed by atoms with E-state index in [1.165, 1.54) is 16.7 Å². The van der Waals surface area contributed by atoms with E-state index >= 15 is 0 Å². The van der Waals surface area contributed by atoms with Crippen LogP contribution in [0.5, 0.6) is 0 Å². The number of carbonyl (C=O) groups excluding carboxylic acids is 3. The number of hydrogen-bond donors (Lipinski definition) is 1. The molecular weight excluding hydrogens is 522 g/mol. The molecule has 1 N–H and O–H groups in total. The van der Waals surface area contributed by atoms with Gasteiger partial charge in [0.25, 0.3) is 5.91 Å². The summed E-state index contributed by atoms with van der Waals surface area (Å²) >= 11 is 7.62. The highest BCUT2D eigenvalue weighted by Gasteiger charge is 2.74. The molecule has 1 unspecified atom stereocenters. The number of nitrogens with zero attached hydrogens (tertiary/aromatic N) is 3. The maximum absolute atomic E-state index is 14.3. The van der Waals surface area contributed by atoms with Crippen LogP contribution >= 0.6 is 23.4 Å². The van der Waals surface area contributed by atoms with Gasteiger partial charge in [0.2, 0.25) is 11.8 Å². The van der Waals surface area contributed by atoms with E-state index in [1.54, 1.807) is 34.1 Å². The summed E-state index contributed by atoms with van der Waals surface area (Å²) in [6.07, 6.45) is 7.93. The van der Waals surface area contributed by atoms with E-state index in [2.05, 4.69) is 0 Å². The van der Waals surface area contributed by atoms with E-state index in [0.717, 1.165) is 5.69 Å². The SMILES string of the molecule is C[C@]12C=CCN(c3ccccc3)C(=O)[C@H]1[C@H]1C(=O)N(CCO)C3C(=O)N(c4ccc(Cl)cc4)CC=C[C@@]31S2. The zero-order valence-electron chi connectivity index (χ0n) is 20.9. The molecule has 4 aliphatic rings. The minimum atomic E-state index is -0.955. The second-order valence-electron chi connectivity index (χ2n) is 10.3. The van der Waals surface area contributed by atoms with Gasteiger partial charge in [0.05, 0.1) is 23.2 Å². The van der Waals surface area contributed by atoms with Crippen molar-refractivity contribution in [3.8, 4) is 0 Å². The lowest BCUT2D eigenvalue weighted by Crippen LogP contribution is -2.54. The third-order valence-corrected chi connectivity index (χ3v) is 10.2. The molecular formula is C29H28ClN3O4S. The van der Waals surface area contributed by atoms with Crippen LogP contribution in [0.3, 0.4) is 0 Å². The maximum atomic E-state index is 14.3. The molecule has 196 valence electrons. The summed E-state index contributed by atoms with van der Waals surface area (Å²) in [7, 11) is 0. The Labute approximate surface area is 230 Å². The Kier molecular flexibility index (Phi) is 6.17. The van der Waals surface area contributed by atoms with Gasteiger partial charge in [-0.25, -0.2) is 0 Å². The standard InChI is InChI=1S/C29H28ClN3O4S/c1-28-13-5-15-31(20-7-3-2-4-8-20)25(35)22(28)23-26(36)33(17-18-34)24-27(37)32(16-6-14-29(23,24)38-28)21-11-9-19(30)10-12-21/h2-14,22-24,34H,15-18H2,1H3/t22-,23+,24?,28+,29+/m1/s1. The fourth-order valence-electron chi connectivity index (χ4n) is 6.56. The van der Waals surface area contributed by atoms with Crippen molar-refractivity contribution < 1.29 is 19.5 Å². The molecule has 7 nitrogen and oxygen atoms in total. The number of rotatable bonds is 4. The summed E-state index contributed by atoms with van der Waals surface area (Å²) in [5.74, 6) is -2.05. The zero-order chi connectivity index (χ0) is 26.7. The average molecular weight is 550 g/mol. The number of carbonyl (C=O) groups is 3. The number of β-amino-alcohol motifs (C(OH)–C–C–N with tert-alkyl or cyclic N) is 1. The van der Waals surface area contributed by atoms with Gasteiger partial charge in [-0.05, 0) is 43.3 Å². The number of halogens is 1. The Morgan fingerprint density at radius 2 is 1.50 bits per heavy atom. The van der Waals surface area contributed by atoms with Crippen molar-refractivity contribution in [2.75, 3.05) is 36.0 Å². The van der Waals surface area contributed by atoms with Gasteiger partial charge in [-0.1, -0.05) is 54.1 Å². The highest BCUT2D eigenvalue weighted by Crippen LogP contribution is 2.65. The second-order valence-corrected chi connectivity index (χ2v) is 12.5. The van der Waals surface area contributed by atoms with Crippen molar-refractivity contribution in [1.29, 1.82) is 0 Å². The number of aliphatic hydroxyl groups is 1. The topological polar surface area (TPSA) is 81.2 Å². The number of likely N-dealkylation sites (tertiary alicyclic amines) is 1. The van der Waals surface area contributed by atoms with E-state index < -0.39 is 27.4 Å². The molecule has 2 fully saturated rings. The molecule has 2 saturated heterocycles. The molecule has 9 heteroatoms. The smallest absolute Gasteiger partial charge is 0.251 e. The fraction of sp³-hybridized carbons (Fsp3) is 0.345. The first-order valence-corrected chi connectivity index (χ1v) is 13.9. The third-order valence-electron chi connectivity index (χ3n) is 8.10. The lowest BCUT2D eigenvalue weighted by molar-refractivity contribution is -0.139. The van der Waals surface area contributed by atoms with Gasteiger partial charge in [-0.2, -0.15) is 0 Å². The number of amides is 3. The fourth-order valence-corrected chi connectivity index (χ4v) is 8.85. The summed E-state index contributed by atoms with van der Waals surface area (Å²) in [5.41, 5.74) is 1.45. The van der Waals surface area contributed by atoms with Crippen molar-refractivity contribution in [1.82, 2.24) is 4.90 Å². The molecule has 4 aliphatic heterocycles. The molecule has 0 saturated carbocycles. The minimum absolute atomic E-state index is 0.0201. The van der Waals surface area contributed by atoms with Gasteiger partial charge in [-0.15, -0.1) is 11.8 Å². The summed E-state index contributed by atoms with van der Waals surface area (Å²) in [6, 6.07) is 15.6. The van der Waals surface area contributed by atoms with E-state index in [1.807, 2.05) is 61.6 Å². The van der Waals surface area contributed by atoms with Gasteiger partial charge in [0.15, 0.2) is 0 Å². The monoisotopic (exact) mass is 549 g/mol. The molecule has 3 amide bonds. The average Bonchev–Trinajstić information content (AvgIpc) is 3.16. The lowest BCUT2D eigenvalue weighted by Gasteiger charge is -2.36. The Bertz CT molecular complexity index is 1350. The Balaban J connectivity index is 1.47. The molecule has 2 aromatic rings. The third kappa shape index (κ3) is 3.65. The molecule has 0 aliphatic carbocycles. The van der Waals surface area contributed by atoms with Gasteiger partial charge in [0, 0.05) is 40.8 Å². The van der Waals surface area contributed by atoms with Gasteiger partial charge in [-0.3, -0.25) is 14.4 Å². The molecule has 0 bridgehead atoms. The van der Waals surface area contributed by atoms with Crippen LogP contribution in [0.4, 0.5) is 11.4 Å². The first-order valence-electron chi connectivity index (χ1n) is 12.7. The number of fused-ring (bicyclic) bond motifs is 2. The number of anilines is 2. The van der Waals surface area contributed by atoms with E-state index in [9.17, 15) is 19.5 Å². The van der Waals surface area contributed by atoms with Gasteiger partial charge in [0.1, 0.15) is 6.04 Å². The molecule has 6 rings (SSSR count). The molecule has 0 radical (unpaired) electrons. The maximum Gasteiger partial charge on any atom is 0.251 e. The Morgan fingerprint density at radius 3 is 2.18 bits per heavy atom. The number of aliphatic hydroxyl groups excluding tert-OH is 1. The largest absolute Gasteiger partial charge is 0.395 e. The number of hydrogen-bond acceptors (Lipinski definition) is 5. The minimum Gasteiger partial charge on any atom is -0.395 e. The van der Waals surface area contributed by atoms with Crippen LogP contribution in [0.2, 0.25) is 5.02 Å². The predicted molar refractivity (Wildman–Crippen MR) is 149 cm³/mol. The molecule has 5 atom stereocenters. The molecule has 2 aromatic carbocycles. The van der Waals surface area contributed by atoms with Crippen molar-refractivity contribution in [3.05, 3.63) is 83.9 Å². The molecule has 38 heavy (non-hydrogen) atoms. The summed E-state index contributed by atoms with van der Waals surface area (Å²) in [6.45, 7) is 2.48. The van der Waals surface area contributed by atoms with Crippen LogP contribution in [0.15, 0.2) is 78.9 Å². The predicted octanol–water partition coefficient (Wildman–Crippen LogP) is 3.53. The highest BCUT2D eigenvalue weighted by molar-refractivity contribution is 8.02. The lowest BCUT2D eigenvalue weighted by atomic mass is 9.74. The van der Waals surface area contributed by atoms with E-state index in [-0.39, 0.29) is 30.9 Å². The number of thioether (sulfide) groups is 1. The first kappa shape index (κ1) is 25.2. The normalized spacial score (nSPS) is 32.2. The van der Waals surface area contributed by atoms with Crippen molar-refractivity contribution >= 4 is 52.5 Å². The van der Waals surface area contributed by atoms with Crippen LogP contribution in [0.1, 0.15) is 6.92 Å². The number of para-hydroxylation sites is 1. The zero-order valence-corrected chi connectivity index (χ0v) is 22.4. The van der Waals surface area contributed by atoms with Crippen LogP contribution in [-0.2, 0) is 14.4 Å². The summed E-state index contributed by atoms with van der Waals surface area (Å²) < 4.78 is -1.64. The molecule has 0 aromatic heterocycles. The van der Waals surface area contributed by atoms with Crippen LogP contribution in [0, 0.1) is 11.8 Å². The van der Waals surface area contributed by atoms with E-state index in [4.69, 9.17) is 11.6 Å². The Morgan fingerprint density at radius 1 is 0.868 bits per heavy atom. The number of benzene rings is 2. The summed E-state index contributed by atoms with van der Waals surface area (Å²) in [5, 5.41) is 10.5. The van der Waals surface area contributed by atoms with Crippen LogP contribution in [0.25, 0.3) is 0 Å². The summed E-state index contributed by atoms with van der Waals surface area (Å²) in [4.78, 5) is 47.6. The first-order chi connectivity index (χ1) is 18.3. The van der Waals surface area contributed by atoms with Gasteiger partial charge >= 0.3 is 0 Å². The highest BCUT2D eigenvalue weighted by atomic mass is 35.5. The van der Waals surface area contributed by atoms with Crippen LogP contribution in [-0.4, -0.2) is 69.5 Å². The van der Waals surface area contributed by atoms with Crippen molar-refractivity contribution in [2.45, 2.75) is 22.5 Å². The van der Waals surface area contributed by atoms with E-state index in [0.29, 0.717) is 23.8 Å². The van der Waals surface area contributed by atoms with Crippen LogP contribution < -0.4 is 9.80 Å². The second kappa shape index (κ2) is 9.29. The molecule has 1 spiro atoms. The van der Waals surface area contributed by atoms with Crippen molar-refractivity contribution in [2.24, 2.45) is 11.8 Å². The quantitative estimate of drug-likeness (QED) is 0.590. The molecule has 4 heterocycles.